The lowest BCUT2D eigenvalue weighted by Crippen LogP contribution is -2.32. The number of rotatable bonds is 6. The van der Waals surface area contributed by atoms with Crippen LogP contribution in [0.3, 0.4) is 0 Å². The summed E-state index contributed by atoms with van der Waals surface area (Å²) < 4.78 is 6.09. The number of ether oxygens (including phenoxy) is 1. The van der Waals surface area contributed by atoms with Crippen molar-refractivity contribution in [1.29, 1.82) is 0 Å². The van der Waals surface area contributed by atoms with Crippen LogP contribution in [-0.4, -0.2) is 18.7 Å². The molecule has 1 N–H and O–H groups in total. The molecule has 1 saturated carbocycles. The molecule has 1 aromatic rings. The van der Waals surface area contributed by atoms with Gasteiger partial charge < -0.3 is 10.1 Å². The van der Waals surface area contributed by atoms with Crippen LogP contribution in [0.5, 0.6) is 5.75 Å². The molecule has 0 amide bonds. The van der Waals surface area contributed by atoms with Gasteiger partial charge in [-0.25, -0.2) is 0 Å². The average molecular weight is 233 g/mol. The summed E-state index contributed by atoms with van der Waals surface area (Å²) >= 11 is 0. The monoisotopic (exact) mass is 233 g/mol. The van der Waals surface area contributed by atoms with E-state index < -0.39 is 0 Å². The van der Waals surface area contributed by atoms with Crippen molar-refractivity contribution in [2.24, 2.45) is 0 Å². The van der Waals surface area contributed by atoms with Gasteiger partial charge in [0.25, 0.3) is 0 Å². The highest BCUT2D eigenvalue weighted by Crippen LogP contribution is 2.23. The van der Waals surface area contributed by atoms with Gasteiger partial charge in [0.2, 0.25) is 0 Å². The topological polar surface area (TPSA) is 21.3 Å². The number of nitrogens with one attached hydrogen (secondary N) is 1. The fourth-order valence-corrected chi connectivity index (χ4v) is 1.89. The number of hydrogen-bond donors (Lipinski definition) is 1. The van der Waals surface area contributed by atoms with Gasteiger partial charge in [0.05, 0.1) is 0 Å². The Kier molecular flexibility index (Phi) is 4.06. The molecular weight excluding hydrogens is 210 g/mol. The highest BCUT2D eigenvalue weighted by atomic mass is 16.5. The Morgan fingerprint density at radius 1 is 1.35 bits per heavy atom. The first kappa shape index (κ1) is 12.4. The number of benzene rings is 1. The van der Waals surface area contributed by atoms with Crippen molar-refractivity contribution in [3.05, 3.63) is 29.3 Å². The van der Waals surface area contributed by atoms with E-state index in [9.17, 15) is 0 Å². The molecular formula is C15H23NO. The minimum atomic E-state index is 0.288. The van der Waals surface area contributed by atoms with Gasteiger partial charge in [-0.2, -0.15) is 0 Å². The van der Waals surface area contributed by atoms with Gasteiger partial charge in [0.15, 0.2) is 0 Å². The molecule has 0 aromatic heterocycles. The molecule has 0 spiro atoms. The van der Waals surface area contributed by atoms with Crippen molar-refractivity contribution in [2.75, 3.05) is 6.54 Å². The fourth-order valence-electron chi connectivity index (χ4n) is 1.89. The van der Waals surface area contributed by atoms with Crippen LogP contribution < -0.4 is 10.1 Å². The van der Waals surface area contributed by atoms with E-state index >= 15 is 0 Å². The zero-order valence-corrected chi connectivity index (χ0v) is 11.1. The number of hydrogen-bond acceptors (Lipinski definition) is 2. The van der Waals surface area contributed by atoms with Gasteiger partial charge in [-0.3, -0.25) is 0 Å². The minimum Gasteiger partial charge on any atom is -0.489 e. The molecule has 0 heterocycles. The zero-order chi connectivity index (χ0) is 12.3. The highest BCUT2D eigenvalue weighted by Gasteiger charge is 2.22. The van der Waals surface area contributed by atoms with E-state index in [1.54, 1.807) is 0 Å². The quantitative estimate of drug-likeness (QED) is 0.814. The molecule has 94 valence electrons. The summed E-state index contributed by atoms with van der Waals surface area (Å²) in [5.41, 5.74) is 2.56. The van der Waals surface area contributed by atoms with E-state index in [4.69, 9.17) is 4.74 Å². The Bertz CT molecular complexity index is 371. The molecule has 17 heavy (non-hydrogen) atoms. The first-order chi connectivity index (χ1) is 8.20. The van der Waals surface area contributed by atoms with Crippen LogP contribution in [0.15, 0.2) is 18.2 Å². The smallest absolute Gasteiger partial charge is 0.122 e. The van der Waals surface area contributed by atoms with Gasteiger partial charge in [-0.05, 0) is 50.3 Å². The SMILES string of the molecule is CCC(CNC1CC1)Oc1cccc(C)c1C. The van der Waals surface area contributed by atoms with Crippen molar-refractivity contribution in [3.63, 3.8) is 0 Å². The molecule has 0 saturated heterocycles. The van der Waals surface area contributed by atoms with E-state index in [2.05, 4.69) is 44.3 Å². The second kappa shape index (κ2) is 5.54. The van der Waals surface area contributed by atoms with E-state index in [1.165, 1.54) is 24.0 Å². The largest absolute Gasteiger partial charge is 0.489 e. The maximum Gasteiger partial charge on any atom is 0.122 e. The van der Waals surface area contributed by atoms with E-state index in [0.29, 0.717) is 0 Å². The lowest BCUT2D eigenvalue weighted by molar-refractivity contribution is 0.191. The summed E-state index contributed by atoms with van der Waals surface area (Å²) in [5.74, 6) is 1.04. The lowest BCUT2D eigenvalue weighted by Gasteiger charge is -2.20. The minimum absolute atomic E-state index is 0.288. The maximum absolute atomic E-state index is 6.09. The molecule has 1 aliphatic carbocycles. The summed E-state index contributed by atoms with van der Waals surface area (Å²) in [4.78, 5) is 0. The van der Waals surface area contributed by atoms with E-state index in [1.807, 2.05) is 0 Å². The van der Waals surface area contributed by atoms with Gasteiger partial charge >= 0.3 is 0 Å². The van der Waals surface area contributed by atoms with Crippen molar-refractivity contribution in [1.82, 2.24) is 5.32 Å². The van der Waals surface area contributed by atoms with Gasteiger partial charge in [0, 0.05) is 12.6 Å². The maximum atomic E-state index is 6.09. The van der Waals surface area contributed by atoms with Crippen LogP contribution in [-0.2, 0) is 0 Å². The molecule has 1 atom stereocenters. The van der Waals surface area contributed by atoms with Crippen LogP contribution in [0.25, 0.3) is 0 Å². The van der Waals surface area contributed by atoms with Gasteiger partial charge in [-0.1, -0.05) is 19.1 Å². The Morgan fingerprint density at radius 3 is 2.76 bits per heavy atom. The molecule has 1 aromatic carbocycles. The second-order valence-electron chi connectivity index (χ2n) is 5.03. The molecule has 1 unspecified atom stereocenters. The third kappa shape index (κ3) is 3.47. The fraction of sp³-hybridized carbons (Fsp3) is 0.600. The van der Waals surface area contributed by atoms with Crippen LogP contribution >= 0.6 is 0 Å². The Balaban J connectivity index is 1.93. The predicted octanol–water partition coefficient (Wildman–Crippen LogP) is 3.21. The first-order valence-corrected chi connectivity index (χ1v) is 6.67. The molecule has 1 fully saturated rings. The summed E-state index contributed by atoms with van der Waals surface area (Å²) in [6.07, 6.45) is 4.00. The van der Waals surface area contributed by atoms with Gasteiger partial charge in [0.1, 0.15) is 11.9 Å². The van der Waals surface area contributed by atoms with Crippen molar-refractivity contribution in [3.8, 4) is 5.75 Å². The van der Waals surface area contributed by atoms with Crippen molar-refractivity contribution >= 4 is 0 Å². The molecule has 2 rings (SSSR count). The van der Waals surface area contributed by atoms with Gasteiger partial charge in [-0.15, -0.1) is 0 Å². The normalized spacial score (nSPS) is 16.9. The Labute approximate surface area is 104 Å². The molecule has 1 aliphatic rings. The standard InChI is InChI=1S/C15H23NO/c1-4-14(10-16-13-8-9-13)17-15-7-5-6-11(2)12(15)3/h5-7,13-14,16H,4,8-10H2,1-3H3. The third-order valence-corrected chi connectivity index (χ3v) is 3.52. The first-order valence-electron chi connectivity index (χ1n) is 6.67. The van der Waals surface area contributed by atoms with Crippen molar-refractivity contribution in [2.45, 2.75) is 52.2 Å². The average Bonchev–Trinajstić information content (AvgIpc) is 3.13. The van der Waals surface area contributed by atoms with Crippen molar-refractivity contribution < 1.29 is 4.74 Å². The van der Waals surface area contributed by atoms with Crippen LogP contribution in [0.1, 0.15) is 37.3 Å². The van der Waals surface area contributed by atoms with Crippen LogP contribution in [0, 0.1) is 13.8 Å². The summed E-state index contributed by atoms with van der Waals surface area (Å²) in [6, 6.07) is 7.03. The molecule has 0 bridgehead atoms. The van der Waals surface area contributed by atoms with E-state index in [-0.39, 0.29) is 6.10 Å². The predicted molar refractivity (Wildman–Crippen MR) is 71.6 cm³/mol. The lowest BCUT2D eigenvalue weighted by atomic mass is 10.1. The Hall–Kier alpha value is -1.02. The Morgan fingerprint density at radius 2 is 2.12 bits per heavy atom. The second-order valence-corrected chi connectivity index (χ2v) is 5.03. The summed E-state index contributed by atoms with van der Waals surface area (Å²) in [7, 11) is 0. The summed E-state index contributed by atoms with van der Waals surface area (Å²) in [6.45, 7) is 7.41. The van der Waals surface area contributed by atoms with Crippen LogP contribution in [0.4, 0.5) is 0 Å². The molecule has 2 heteroatoms. The highest BCUT2D eigenvalue weighted by molar-refractivity contribution is 5.38. The third-order valence-electron chi connectivity index (χ3n) is 3.52. The molecule has 0 aliphatic heterocycles. The number of aryl methyl sites for hydroxylation is 1. The van der Waals surface area contributed by atoms with E-state index in [0.717, 1.165) is 24.8 Å². The molecule has 2 nitrogen and oxygen atoms in total. The van der Waals surface area contributed by atoms with Crippen LogP contribution in [0.2, 0.25) is 0 Å². The summed E-state index contributed by atoms with van der Waals surface area (Å²) in [5, 5.41) is 3.54. The molecule has 0 radical (unpaired) electrons. The zero-order valence-electron chi connectivity index (χ0n) is 11.1.